The number of alkyl halides is 3. The highest BCUT2D eigenvalue weighted by Crippen LogP contribution is 2.17. The molecule has 0 amide bonds. The fraction of sp³-hybridized carbons (Fsp3) is 0.571. The van der Waals surface area contributed by atoms with Gasteiger partial charge in [-0.3, -0.25) is 0 Å². The van der Waals surface area contributed by atoms with Crippen LogP contribution in [0.2, 0.25) is 0 Å². The van der Waals surface area contributed by atoms with Crippen LogP contribution in [0.1, 0.15) is 0 Å². The molecule has 10 heteroatoms. The molecule has 0 aliphatic carbocycles. The van der Waals surface area contributed by atoms with Crippen LogP contribution >= 0.6 is 0 Å². The van der Waals surface area contributed by atoms with Gasteiger partial charge in [0, 0.05) is 7.05 Å². The number of aliphatic hydroxyl groups is 1. The van der Waals surface area contributed by atoms with Crippen LogP contribution in [0.15, 0.2) is 0 Å². The topological polar surface area (TPSA) is 97.4 Å². The van der Waals surface area contributed by atoms with E-state index in [2.05, 4.69) is 19.7 Å². The lowest BCUT2D eigenvalue weighted by molar-refractivity contribution is -0.154. The van der Waals surface area contributed by atoms with Crippen molar-refractivity contribution in [3.05, 3.63) is 0 Å². The number of aliphatic hydroxyl groups excluding tert-OH is 1. The first-order chi connectivity index (χ1) is 7.81. The Morgan fingerprint density at radius 3 is 2.53 bits per heavy atom. The second kappa shape index (κ2) is 4.99. The number of nitrogens with two attached hydrogens (primary N) is 1. The van der Waals surface area contributed by atoms with E-state index in [1.54, 1.807) is 0 Å². The second-order valence-electron chi connectivity index (χ2n) is 3.02. The summed E-state index contributed by atoms with van der Waals surface area (Å²) >= 11 is 0. The number of anilines is 2. The van der Waals surface area contributed by atoms with Crippen molar-refractivity contribution in [1.82, 2.24) is 15.0 Å². The summed E-state index contributed by atoms with van der Waals surface area (Å²) in [6.07, 6.45) is -4.50. The van der Waals surface area contributed by atoms with Crippen LogP contribution in [-0.2, 0) is 0 Å². The van der Waals surface area contributed by atoms with Gasteiger partial charge in [-0.25, -0.2) is 0 Å². The lowest BCUT2D eigenvalue weighted by Crippen LogP contribution is -2.23. The molecule has 1 aromatic rings. The molecule has 0 bridgehead atoms. The summed E-state index contributed by atoms with van der Waals surface area (Å²) < 4.78 is 40.0. The van der Waals surface area contributed by atoms with Gasteiger partial charge in [0.05, 0.1) is 0 Å². The number of hydrogen-bond acceptors (Lipinski definition) is 7. The molecule has 1 rings (SSSR count). The number of aromatic nitrogens is 3. The zero-order valence-corrected chi connectivity index (χ0v) is 8.77. The number of nitrogens with zero attached hydrogens (tertiary/aromatic N) is 4. The molecule has 0 saturated heterocycles. The van der Waals surface area contributed by atoms with Crippen molar-refractivity contribution >= 4 is 11.9 Å². The molecule has 0 aromatic carbocycles. The van der Waals surface area contributed by atoms with Gasteiger partial charge in [-0.05, 0) is 0 Å². The van der Waals surface area contributed by atoms with Crippen LogP contribution in [-0.4, -0.2) is 46.6 Å². The predicted molar refractivity (Wildman–Crippen MR) is 51.3 cm³/mol. The monoisotopic (exact) mass is 253 g/mol. The predicted octanol–water partition coefficient (Wildman–Crippen LogP) is -0.219. The van der Waals surface area contributed by atoms with E-state index in [0.717, 1.165) is 4.90 Å². The van der Waals surface area contributed by atoms with Gasteiger partial charge in [0.2, 0.25) is 11.9 Å². The van der Waals surface area contributed by atoms with Crippen molar-refractivity contribution in [3.63, 3.8) is 0 Å². The van der Waals surface area contributed by atoms with E-state index in [-0.39, 0.29) is 11.9 Å². The van der Waals surface area contributed by atoms with Crippen LogP contribution in [0.5, 0.6) is 6.01 Å². The van der Waals surface area contributed by atoms with Crippen LogP contribution in [0.4, 0.5) is 25.1 Å². The van der Waals surface area contributed by atoms with E-state index < -0.39 is 25.5 Å². The molecule has 0 spiro atoms. The first-order valence-corrected chi connectivity index (χ1v) is 4.35. The Balaban J connectivity index is 2.82. The largest absolute Gasteiger partial charge is 0.454 e. The zero-order valence-electron chi connectivity index (χ0n) is 8.77. The Morgan fingerprint density at radius 2 is 2.00 bits per heavy atom. The molecule has 7 nitrogen and oxygen atoms in total. The van der Waals surface area contributed by atoms with Crippen molar-refractivity contribution in [2.24, 2.45) is 0 Å². The fourth-order valence-corrected chi connectivity index (χ4v) is 0.806. The summed E-state index contributed by atoms with van der Waals surface area (Å²) in [6, 6.07) is -0.551. The van der Waals surface area contributed by atoms with Gasteiger partial charge in [-0.1, -0.05) is 0 Å². The maximum absolute atomic E-state index is 11.9. The van der Waals surface area contributed by atoms with Crippen LogP contribution < -0.4 is 15.4 Å². The summed E-state index contributed by atoms with van der Waals surface area (Å²) in [6.45, 7) is -1.96. The molecule has 0 unspecified atom stereocenters. The molecule has 0 aliphatic heterocycles. The highest BCUT2D eigenvalue weighted by molar-refractivity contribution is 5.34. The molecule has 1 heterocycles. The molecule has 0 radical (unpaired) electrons. The lowest BCUT2D eigenvalue weighted by atomic mass is 10.7. The summed E-state index contributed by atoms with van der Waals surface area (Å²) in [5, 5.41) is 8.79. The van der Waals surface area contributed by atoms with Crippen LogP contribution in [0, 0.1) is 0 Å². The average Bonchev–Trinajstić information content (AvgIpc) is 2.23. The standard InChI is InChI=1S/C7H10F3N5O2/c1-15(3-16)5-12-4(11)13-6(14-5)17-2-7(8,9)10/h16H,2-3H2,1H3,(H2,11,12,13,14). The van der Waals surface area contributed by atoms with Gasteiger partial charge in [-0.15, -0.1) is 0 Å². The normalized spacial score (nSPS) is 11.4. The van der Waals surface area contributed by atoms with E-state index in [1.165, 1.54) is 7.05 Å². The summed E-state index contributed by atoms with van der Waals surface area (Å²) in [7, 11) is 1.42. The van der Waals surface area contributed by atoms with Crippen molar-refractivity contribution in [2.75, 3.05) is 31.0 Å². The molecular formula is C7H10F3N5O2. The first-order valence-electron chi connectivity index (χ1n) is 4.35. The minimum atomic E-state index is -4.50. The van der Waals surface area contributed by atoms with Crippen LogP contribution in [0.3, 0.4) is 0 Å². The zero-order chi connectivity index (χ0) is 13.1. The molecule has 1 aromatic heterocycles. The molecule has 17 heavy (non-hydrogen) atoms. The maximum Gasteiger partial charge on any atom is 0.422 e. The first kappa shape index (κ1) is 13.2. The number of rotatable bonds is 4. The number of nitrogen functional groups attached to an aromatic ring is 1. The lowest BCUT2D eigenvalue weighted by Gasteiger charge is -2.14. The Labute approximate surface area is 94.1 Å². The molecule has 0 atom stereocenters. The summed E-state index contributed by atoms with van der Waals surface area (Å²) in [5.41, 5.74) is 5.26. The van der Waals surface area contributed by atoms with E-state index in [9.17, 15) is 13.2 Å². The van der Waals surface area contributed by atoms with Gasteiger partial charge in [-0.2, -0.15) is 28.1 Å². The van der Waals surface area contributed by atoms with Gasteiger partial charge in [0.15, 0.2) is 6.61 Å². The quantitative estimate of drug-likeness (QED) is 0.716. The highest BCUT2D eigenvalue weighted by atomic mass is 19.4. The van der Waals surface area contributed by atoms with Crippen molar-refractivity contribution in [1.29, 1.82) is 0 Å². The second-order valence-corrected chi connectivity index (χ2v) is 3.02. The summed E-state index contributed by atoms with van der Waals surface area (Å²) in [4.78, 5) is 11.7. The highest BCUT2D eigenvalue weighted by Gasteiger charge is 2.29. The smallest absolute Gasteiger partial charge is 0.422 e. The molecular weight excluding hydrogens is 243 g/mol. The maximum atomic E-state index is 11.9. The third-order valence-electron chi connectivity index (χ3n) is 1.54. The molecule has 0 saturated carbocycles. The Hall–Kier alpha value is -1.84. The average molecular weight is 253 g/mol. The molecule has 96 valence electrons. The number of halogens is 3. The van der Waals surface area contributed by atoms with E-state index in [0.29, 0.717) is 0 Å². The Bertz CT molecular complexity index is 386. The third kappa shape index (κ3) is 4.26. The minimum Gasteiger partial charge on any atom is -0.454 e. The number of ether oxygens (including phenoxy) is 1. The van der Waals surface area contributed by atoms with Crippen molar-refractivity contribution in [3.8, 4) is 6.01 Å². The van der Waals surface area contributed by atoms with Gasteiger partial charge in [0.1, 0.15) is 6.73 Å². The van der Waals surface area contributed by atoms with Gasteiger partial charge in [0.25, 0.3) is 0 Å². The van der Waals surface area contributed by atoms with Gasteiger partial charge < -0.3 is 20.5 Å². The third-order valence-corrected chi connectivity index (χ3v) is 1.54. The fourth-order valence-electron chi connectivity index (χ4n) is 0.806. The molecule has 3 N–H and O–H groups in total. The SMILES string of the molecule is CN(CO)c1nc(N)nc(OCC(F)(F)F)n1. The van der Waals surface area contributed by atoms with Crippen LogP contribution in [0.25, 0.3) is 0 Å². The molecule has 0 fully saturated rings. The van der Waals surface area contributed by atoms with Gasteiger partial charge >= 0.3 is 12.2 Å². The summed E-state index contributed by atoms with van der Waals surface area (Å²) in [5.74, 6) is -0.385. The van der Waals surface area contributed by atoms with Crippen molar-refractivity contribution in [2.45, 2.75) is 6.18 Å². The Kier molecular flexibility index (Phi) is 3.89. The minimum absolute atomic E-state index is 0.0859. The Morgan fingerprint density at radius 1 is 1.35 bits per heavy atom. The van der Waals surface area contributed by atoms with Crippen molar-refractivity contribution < 1.29 is 23.0 Å². The number of hydrogen-bond donors (Lipinski definition) is 2. The molecule has 0 aliphatic rings. The van der Waals surface area contributed by atoms with E-state index in [1.807, 2.05) is 0 Å². The van der Waals surface area contributed by atoms with E-state index >= 15 is 0 Å². The van der Waals surface area contributed by atoms with E-state index in [4.69, 9.17) is 10.8 Å².